The number of hydrogen-bond donors (Lipinski definition) is 1. The predicted octanol–water partition coefficient (Wildman–Crippen LogP) is 4.04. The van der Waals surface area contributed by atoms with Crippen molar-refractivity contribution in [1.82, 2.24) is 19.4 Å². The van der Waals surface area contributed by atoms with Crippen LogP contribution in [0.3, 0.4) is 0 Å². The van der Waals surface area contributed by atoms with E-state index in [1.807, 2.05) is 46.9 Å². The average Bonchev–Trinajstić information content (AvgIpc) is 3.31. The molecular formula is C25H27ClN6O3S. The summed E-state index contributed by atoms with van der Waals surface area (Å²) in [6.45, 7) is 4.38. The Hall–Kier alpha value is -3.63. The number of carbonyl (C=O) groups is 1. The quantitative estimate of drug-likeness (QED) is 0.407. The van der Waals surface area contributed by atoms with Crippen LogP contribution in [-0.2, 0) is 14.8 Å². The van der Waals surface area contributed by atoms with Crippen LogP contribution in [0.25, 0.3) is 10.9 Å². The highest BCUT2D eigenvalue weighted by Gasteiger charge is 2.27. The number of benzene rings is 2. The normalized spacial score (nSPS) is 15.2. The van der Waals surface area contributed by atoms with Crippen LogP contribution >= 0.6 is 11.6 Å². The number of hydrogen-bond acceptors (Lipinski definition) is 6. The molecule has 1 aliphatic rings. The van der Waals surface area contributed by atoms with Gasteiger partial charge in [0.2, 0.25) is 5.91 Å². The third-order valence-electron chi connectivity index (χ3n) is 6.38. The van der Waals surface area contributed by atoms with Gasteiger partial charge in [-0.3, -0.25) is 9.52 Å². The van der Waals surface area contributed by atoms with Gasteiger partial charge in [-0.05, 0) is 60.8 Å². The molecule has 4 aromatic rings. The Labute approximate surface area is 215 Å². The predicted molar refractivity (Wildman–Crippen MR) is 142 cm³/mol. The Morgan fingerprint density at radius 1 is 1.06 bits per heavy atom. The Morgan fingerprint density at radius 3 is 2.50 bits per heavy atom. The second kappa shape index (κ2) is 9.79. The standard InChI is InChI=1S/C25H25ClN6O3S.H2/c1-18(32-11-9-19-2-3-20(26)16-23(19)32)25(33)31-14-12-30(13-15-31)21-4-6-22(7-5-21)36(34,35)29-24-8-10-27-17-28-24;/h2-11,16-18H,12-15H2,1H3,(H,27,28,29);1H. The van der Waals surface area contributed by atoms with Crippen molar-refractivity contribution in [2.24, 2.45) is 0 Å². The van der Waals surface area contributed by atoms with Crippen LogP contribution < -0.4 is 9.62 Å². The maximum atomic E-state index is 13.2. The van der Waals surface area contributed by atoms with Gasteiger partial charge in [0.15, 0.2) is 0 Å². The molecule has 1 amide bonds. The van der Waals surface area contributed by atoms with E-state index in [-0.39, 0.29) is 24.1 Å². The summed E-state index contributed by atoms with van der Waals surface area (Å²) >= 11 is 6.17. The van der Waals surface area contributed by atoms with Gasteiger partial charge in [0, 0.05) is 50.7 Å². The molecule has 1 aliphatic heterocycles. The van der Waals surface area contributed by atoms with Crippen molar-refractivity contribution in [1.29, 1.82) is 0 Å². The van der Waals surface area contributed by atoms with Crippen molar-refractivity contribution in [3.63, 3.8) is 0 Å². The lowest BCUT2D eigenvalue weighted by Gasteiger charge is -2.37. The van der Waals surface area contributed by atoms with Crippen LogP contribution in [0, 0.1) is 0 Å². The van der Waals surface area contributed by atoms with E-state index in [1.54, 1.807) is 24.3 Å². The molecule has 2 aromatic carbocycles. The van der Waals surface area contributed by atoms with Gasteiger partial charge in [-0.1, -0.05) is 17.7 Å². The fourth-order valence-electron chi connectivity index (χ4n) is 4.41. The van der Waals surface area contributed by atoms with Crippen LogP contribution in [0.15, 0.2) is 78.2 Å². The van der Waals surface area contributed by atoms with Gasteiger partial charge in [0.1, 0.15) is 18.2 Å². The second-order valence-corrected chi connectivity index (χ2v) is 10.7. The number of amides is 1. The van der Waals surface area contributed by atoms with E-state index < -0.39 is 10.0 Å². The SMILES string of the molecule is CC(C(=O)N1CCN(c2ccc(S(=O)(=O)Nc3ccncn3)cc2)CC1)n1ccc2ccc(Cl)cc21.[HH]. The maximum Gasteiger partial charge on any atom is 0.263 e. The minimum absolute atomic E-state index is 0. The molecule has 1 fully saturated rings. The molecule has 11 heteroatoms. The van der Waals surface area contributed by atoms with E-state index in [0.717, 1.165) is 16.6 Å². The molecule has 1 N–H and O–H groups in total. The number of nitrogens with one attached hydrogen (secondary N) is 1. The summed E-state index contributed by atoms with van der Waals surface area (Å²) < 4.78 is 29.7. The first kappa shape index (κ1) is 24.1. The highest BCUT2D eigenvalue weighted by atomic mass is 35.5. The van der Waals surface area contributed by atoms with Crippen LogP contribution in [0.5, 0.6) is 0 Å². The Morgan fingerprint density at radius 2 is 1.81 bits per heavy atom. The van der Waals surface area contributed by atoms with Gasteiger partial charge in [0.25, 0.3) is 10.0 Å². The highest BCUT2D eigenvalue weighted by Crippen LogP contribution is 2.26. The lowest BCUT2D eigenvalue weighted by atomic mass is 10.2. The van der Waals surface area contributed by atoms with Gasteiger partial charge in [-0.2, -0.15) is 0 Å². The zero-order chi connectivity index (χ0) is 25.3. The van der Waals surface area contributed by atoms with Crippen LogP contribution in [0.4, 0.5) is 11.5 Å². The number of sulfonamides is 1. The van der Waals surface area contributed by atoms with Crippen molar-refractivity contribution in [3.8, 4) is 0 Å². The second-order valence-electron chi connectivity index (χ2n) is 8.61. The molecule has 0 saturated carbocycles. The molecule has 0 aliphatic carbocycles. The maximum absolute atomic E-state index is 13.2. The molecule has 0 bridgehead atoms. The molecular weight excluding hydrogens is 500 g/mol. The smallest absolute Gasteiger partial charge is 0.263 e. The summed E-state index contributed by atoms with van der Waals surface area (Å²) in [5.74, 6) is 0.268. The number of halogens is 1. The molecule has 1 atom stereocenters. The molecule has 1 unspecified atom stereocenters. The number of nitrogens with zero attached hydrogens (tertiary/aromatic N) is 5. The van der Waals surface area contributed by atoms with Crippen molar-refractivity contribution in [2.45, 2.75) is 17.9 Å². The lowest BCUT2D eigenvalue weighted by Crippen LogP contribution is -2.50. The van der Waals surface area contributed by atoms with Crippen molar-refractivity contribution in [2.75, 3.05) is 35.8 Å². The summed E-state index contributed by atoms with van der Waals surface area (Å²) in [6.07, 6.45) is 4.67. The number of piperazine rings is 1. The number of aromatic nitrogens is 3. The third-order valence-corrected chi connectivity index (χ3v) is 7.99. The van der Waals surface area contributed by atoms with Crippen molar-refractivity contribution in [3.05, 3.63) is 78.3 Å². The van der Waals surface area contributed by atoms with E-state index in [0.29, 0.717) is 31.2 Å². The number of rotatable bonds is 6. The highest BCUT2D eigenvalue weighted by molar-refractivity contribution is 7.92. The number of fused-ring (bicyclic) bond motifs is 1. The Bertz CT molecular complexity index is 1490. The molecule has 2 aromatic heterocycles. The van der Waals surface area contributed by atoms with Crippen LogP contribution in [-0.4, -0.2) is 59.9 Å². The van der Waals surface area contributed by atoms with Gasteiger partial charge >= 0.3 is 0 Å². The molecule has 0 spiro atoms. The summed E-state index contributed by atoms with van der Waals surface area (Å²) in [6, 6.07) is 15.5. The van der Waals surface area contributed by atoms with Crippen molar-refractivity contribution >= 4 is 49.9 Å². The molecule has 5 rings (SSSR count). The first-order chi connectivity index (χ1) is 17.3. The third kappa shape index (κ3) is 4.87. The van der Waals surface area contributed by atoms with E-state index in [4.69, 9.17) is 11.6 Å². The summed E-state index contributed by atoms with van der Waals surface area (Å²) in [7, 11) is -3.75. The summed E-state index contributed by atoms with van der Waals surface area (Å²) in [4.78, 5) is 25.1. The largest absolute Gasteiger partial charge is 0.368 e. The first-order valence-corrected chi connectivity index (χ1v) is 13.4. The Kier molecular flexibility index (Phi) is 6.55. The van der Waals surface area contributed by atoms with E-state index >= 15 is 0 Å². The van der Waals surface area contributed by atoms with E-state index in [9.17, 15) is 13.2 Å². The summed E-state index contributed by atoms with van der Waals surface area (Å²) in [5, 5.41) is 1.68. The van der Waals surface area contributed by atoms with Crippen LogP contribution in [0.1, 0.15) is 14.4 Å². The number of carbonyl (C=O) groups excluding carboxylic acids is 1. The van der Waals surface area contributed by atoms with Crippen molar-refractivity contribution < 1.29 is 14.6 Å². The zero-order valence-corrected chi connectivity index (χ0v) is 21.2. The first-order valence-electron chi connectivity index (χ1n) is 11.5. The monoisotopic (exact) mass is 526 g/mol. The van der Waals surface area contributed by atoms with Crippen LogP contribution in [0.2, 0.25) is 5.02 Å². The minimum atomic E-state index is -3.75. The van der Waals surface area contributed by atoms with Gasteiger partial charge in [-0.25, -0.2) is 18.4 Å². The van der Waals surface area contributed by atoms with Gasteiger partial charge in [0.05, 0.1) is 10.4 Å². The minimum Gasteiger partial charge on any atom is -0.368 e. The molecule has 36 heavy (non-hydrogen) atoms. The fraction of sp³-hybridized carbons (Fsp3) is 0.240. The molecule has 3 heterocycles. The van der Waals surface area contributed by atoms with E-state index in [1.165, 1.54) is 18.6 Å². The topological polar surface area (TPSA) is 100 Å². The fourth-order valence-corrected chi connectivity index (χ4v) is 5.59. The number of anilines is 2. The average molecular weight is 527 g/mol. The Balaban J connectivity index is 0.00000320. The van der Waals surface area contributed by atoms with Gasteiger partial charge in [-0.15, -0.1) is 0 Å². The lowest BCUT2D eigenvalue weighted by molar-refractivity contribution is -0.134. The summed E-state index contributed by atoms with van der Waals surface area (Å²) in [5.41, 5.74) is 1.84. The molecule has 188 valence electrons. The van der Waals surface area contributed by atoms with Gasteiger partial charge < -0.3 is 14.4 Å². The molecule has 1 saturated heterocycles. The zero-order valence-electron chi connectivity index (χ0n) is 19.6. The molecule has 0 radical (unpaired) electrons. The molecule has 9 nitrogen and oxygen atoms in total. The van der Waals surface area contributed by atoms with E-state index in [2.05, 4.69) is 19.6 Å².